The van der Waals surface area contributed by atoms with Crippen LogP contribution in [-0.4, -0.2) is 19.8 Å². The molecule has 1 aliphatic carbocycles. The average molecular weight is 224 g/mol. The van der Waals surface area contributed by atoms with Crippen LogP contribution in [0.25, 0.3) is 0 Å². The fourth-order valence-electron chi connectivity index (χ4n) is 2.59. The summed E-state index contributed by atoms with van der Waals surface area (Å²) in [6.45, 7) is 4.87. The molecule has 1 atom stereocenters. The molecule has 92 valence electrons. The summed E-state index contributed by atoms with van der Waals surface area (Å²) in [6.07, 6.45) is 11.0. The summed E-state index contributed by atoms with van der Waals surface area (Å²) in [5, 5.41) is 0. The van der Waals surface area contributed by atoms with Crippen molar-refractivity contribution < 1.29 is 9.47 Å². The Bertz CT molecular complexity index is 231. The third-order valence-corrected chi connectivity index (χ3v) is 3.70. The van der Waals surface area contributed by atoms with Gasteiger partial charge in [0.05, 0.1) is 19.5 Å². The molecule has 16 heavy (non-hydrogen) atoms. The lowest BCUT2D eigenvalue weighted by Gasteiger charge is -2.32. The van der Waals surface area contributed by atoms with Crippen LogP contribution in [0.5, 0.6) is 0 Å². The van der Waals surface area contributed by atoms with Crippen LogP contribution in [0.3, 0.4) is 0 Å². The van der Waals surface area contributed by atoms with Crippen LogP contribution in [0.15, 0.2) is 11.8 Å². The summed E-state index contributed by atoms with van der Waals surface area (Å²) in [5.41, 5.74) is 1.75. The topological polar surface area (TPSA) is 18.5 Å². The standard InChI is InChI=1S/C14H24O2/c1-14(8-5-9-15-11-14)12-16-10-13-6-3-2-4-7-13/h10H,2-9,11-12H2,1H3. The summed E-state index contributed by atoms with van der Waals surface area (Å²) < 4.78 is 11.3. The van der Waals surface area contributed by atoms with Gasteiger partial charge >= 0.3 is 0 Å². The van der Waals surface area contributed by atoms with Gasteiger partial charge in [-0.15, -0.1) is 0 Å². The second kappa shape index (κ2) is 5.72. The lowest BCUT2D eigenvalue weighted by Crippen LogP contribution is -2.32. The molecule has 2 rings (SSSR count). The van der Waals surface area contributed by atoms with Gasteiger partial charge in [0, 0.05) is 12.0 Å². The maximum atomic E-state index is 5.77. The van der Waals surface area contributed by atoms with Crippen LogP contribution in [0.4, 0.5) is 0 Å². The summed E-state index contributed by atoms with van der Waals surface area (Å²) in [7, 11) is 0. The second-order valence-corrected chi connectivity index (χ2v) is 5.61. The van der Waals surface area contributed by atoms with Gasteiger partial charge in [0.1, 0.15) is 0 Å². The first kappa shape index (κ1) is 12.0. The van der Waals surface area contributed by atoms with Crippen molar-refractivity contribution in [1.29, 1.82) is 0 Å². The Morgan fingerprint density at radius 3 is 2.75 bits per heavy atom. The Labute approximate surface area is 99.0 Å². The molecule has 1 heterocycles. The van der Waals surface area contributed by atoms with Crippen molar-refractivity contribution >= 4 is 0 Å². The number of hydrogen-bond acceptors (Lipinski definition) is 2. The highest BCUT2D eigenvalue weighted by molar-refractivity contribution is 5.00. The molecule has 0 aromatic heterocycles. The van der Waals surface area contributed by atoms with E-state index in [4.69, 9.17) is 9.47 Å². The fraction of sp³-hybridized carbons (Fsp3) is 0.857. The van der Waals surface area contributed by atoms with E-state index < -0.39 is 0 Å². The van der Waals surface area contributed by atoms with Crippen LogP contribution in [0, 0.1) is 5.41 Å². The molecule has 0 N–H and O–H groups in total. The molecule has 2 aliphatic rings. The summed E-state index contributed by atoms with van der Waals surface area (Å²) >= 11 is 0. The second-order valence-electron chi connectivity index (χ2n) is 5.61. The molecule has 1 aliphatic heterocycles. The largest absolute Gasteiger partial charge is 0.501 e. The summed E-state index contributed by atoms with van der Waals surface area (Å²) in [6, 6.07) is 0. The molecule has 1 unspecified atom stereocenters. The van der Waals surface area contributed by atoms with E-state index in [2.05, 4.69) is 6.92 Å². The van der Waals surface area contributed by atoms with Crippen molar-refractivity contribution in [2.24, 2.45) is 5.41 Å². The third-order valence-electron chi connectivity index (χ3n) is 3.70. The molecule has 0 aromatic rings. The van der Waals surface area contributed by atoms with Crippen molar-refractivity contribution in [2.75, 3.05) is 19.8 Å². The molecule has 1 saturated heterocycles. The molecule has 2 fully saturated rings. The monoisotopic (exact) mass is 224 g/mol. The van der Waals surface area contributed by atoms with Crippen LogP contribution in [0.1, 0.15) is 51.9 Å². The Kier molecular flexibility index (Phi) is 4.28. The molecular weight excluding hydrogens is 200 g/mol. The van der Waals surface area contributed by atoms with E-state index in [1.54, 1.807) is 0 Å². The highest BCUT2D eigenvalue weighted by Crippen LogP contribution is 2.29. The third kappa shape index (κ3) is 3.51. The van der Waals surface area contributed by atoms with E-state index in [-0.39, 0.29) is 5.41 Å². The van der Waals surface area contributed by atoms with Crippen LogP contribution < -0.4 is 0 Å². The first-order valence-corrected chi connectivity index (χ1v) is 6.66. The van der Waals surface area contributed by atoms with Gasteiger partial charge in [-0.25, -0.2) is 0 Å². The minimum absolute atomic E-state index is 0.240. The normalized spacial score (nSPS) is 31.2. The van der Waals surface area contributed by atoms with Crippen molar-refractivity contribution in [1.82, 2.24) is 0 Å². The van der Waals surface area contributed by atoms with Crippen molar-refractivity contribution in [3.63, 3.8) is 0 Å². The Morgan fingerprint density at radius 1 is 1.25 bits per heavy atom. The first-order chi connectivity index (χ1) is 7.79. The highest BCUT2D eigenvalue weighted by Gasteiger charge is 2.28. The van der Waals surface area contributed by atoms with Gasteiger partial charge in [0.15, 0.2) is 0 Å². The average Bonchev–Trinajstić information content (AvgIpc) is 2.31. The van der Waals surface area contributed by atoms with Gasteiger partial charge < -0.3 is 9.47 Å². The van der Waals surface area contributed by atoms with Crippen LogP contribution >= 0.6 is 0 Å². The quantitative estimate of drug-likeness (QED) is 0.681. The summed E-state index contributed by atoms with van der Waals surface area (Å²) in [5.74, 6) is 0. The number of allylic oxidation sites excluding steroid dienone is 1. The molecule has 0 amide bonds. The Balaban J connectivity index is 1.73. The number of ether oxygens (including phenoxy) is 2. The first-order valence-electron chi connectivity index (χ1n) is 6.66. The zero-order valence-electron chi connectivity index (χ0n) is 10.5. The lowest BCUT2D eigenvalue weighted by atomic mass is 9.86. The van der Waals surface area contributed by atoms with Gasteiger partial charge in [-0.2, -0.15) is 0 Å². The van der Waals surface area contributed by atoms with E-state index >= 15 is 0 Å². The van der Waals surface area contributed by atoms with Crippen molar-refractivity contribution in [3.05, 3.63) is 11.8 Å². The van der Waals surface area contributed by atoms with E-state index in [9.17, 15) is 0 Å². The Hall–Kier alpha value is -0.500. The van der Waals surface area contributed by atoms with E-state index in [1.807, 2.05) is 6.26 Å². The van der Waals surface area contributed by atoms with Gasteiger partial charge in [-0.1, -0.05) is 13.3 Å². The molecule has 0 bridgehead atoms. The van der Waals surface area contributed by atoms with E-state index in [1.165, 1.54) is 50.5 Å². The van der Waals surface area contributed by atoms with Gasteiger partial charge in [0.25, 0.3) is 0 Å². The molecule has 2 heteroatoms. The predicted octanol–water partition coefficient (Wildman–Crippen LogP) is 3.67. The van der Waals surface area contributed by atoms with E-state index in [0.29, 0.717) is 0 Å². The van der Waals surface area contributed by atoms with Gasteiger partial charge in [-0.3, -0.25) is 0 Å². The molecule has 2 nitrogen and oxygen atoms in total. The zero-order chi connectivity index (χ0) is 11.3. The zero-order valence-corrected chi connectivity index (χ0v) is 10.5. The van der Waals surface area contributed by atoms with Crippen molar-refractivity contribution in [3.8, 4) is 0 Å². The Morgan fingerprint density at radius 2 is 2.06 bits per heavy atom. The van der Waals surface area contributed by atoms with Crippen molar-refractivity contribution in [2.45, 2.75) is 51.9 Å². The molecule has 0 aromatic carbocycles. The predicted molar refractivity (Wildman–Crippen MR) is 65.3 cm³/mol. The van der Waals surface area contributed by atoms with Gasteiger partial charge in [-0.05, 0) is 44.1 Å². The maximum absolute atomic E-state index is 5.77. The SMILES string of the molecule is CC1(COC=C2CCCCC2)CCCOC1. The summed E-state index contributed by atoms with van der Waals surface area (Å²) in [4.78, 5) is 0. The molecule has 0 radical (unpaired) electrons. The highest BCUT2D eigenvalue weighted by atomic mass is 16.5. The van der Waals surface area contributed by atoms with Crippen LogP contribution in [-0.2, 0) is 9.47 Å². The minimum atomic E-state index is 0.240. The molecule has 1 saturated carbocycles. The molecule has 0 spiro atoms. The minimum Gasteiger partial charge on any atom is -0.501 e. The maximum Gasteiger partial charge on any atom is 0.0948 e. The fourth-order valence-corrected chi connectivity index (χ4v) is 2.59. The number of rotatable bonds is 3. The molecular formula is C14H24O2. The van der Waals surface area contributed by atoms with Crippen LogP contribution in [0.2, 0.25) is 0 Å². The van der Waals surface area contributed by atoms with E-state index in [0.717, 1.165) is 19.8 Å². The lowest BCUT2D eigenvalue weighted by molar-refractivity contribution is -0.0309. The number of hydrogen-bond donors (Lipinski definition) is 0. The smallest absolute Gasteiger partial charge is 0.0948 e. The van der Waals surface area contributed by atoms with Gasteiger partial charge in [0.2, 0.25) is 0 Å².